The predicted octanol–water partition coefficient (Wildman–Crippen LogP) is 4.27. The fourth-order valence-corrected chi connectivity index (χ4v) is 2.91. The largest absolute Gasteiger partial charge is 0.462 e. The number of benzene rings is 2. The monoisotopic (exact) mass is 300 g/mol. The maximum atomic E-state index is 9.87. The number of hydrogen-bond acceptors (Lipinski definition) is 3. The summed E-state index contributed by atoms with van der Waals surface area (Å²) in [5.74, 6) is 0.116. The number of aliphatic hydroxyl groups excluding tert-OH is 1. The fourth-order valence-electron chi connectivity index (χ4n) is 2.91. The van der Waals surface area contributed by atoms with Crippen LogP contribution in [0.25, 0.3) is 10.8 Å². The highest BCUT2D eigenvalue weighted by molar-refractivity contribution is 5.89. The lowest BCUT2D eigenvalue weighted by atomic mass is 9.85. The Bertz CT molecular complexity index is 724. The van der Waals surface area contributed by atoms with Gasteiger partial charge in [0.25, 0.3) is 0 Å². The number of aliphatic hydroxyl groups is 1. The lowest BCUT2D eigenvalue weighted by Crippen LogP contribution is -2.35. The van der Waals surface area contributed by atoms with Gasteiger partial charge in [0.2, 0.25) is 5.79 Å². The molecule has 3 nitrogen and oxygen atoms in total. The van der Waals surface area contributed by atoms with Crippen molar-refractivity contribution in [2.75, 3.05) is 0 Å². The molecule has 3 heteroatoms. The first-order valence-electron chi connectivity index (χ1n) is 7.74. The van der Waals surface area contributed by atoms with Crippen LogP contribution >= 0.6 is 0 Å². The topological polar surface area (TPSA) is 38.7 Å². The molecule has 0 atom stereocenters. The van der Waals surface area contributed by atoms with Crippen molar-refractivity contribution in [1.82, 2.24) is 0 Å². The molecule has 0 unspecified atom stereocenters. The van der Waals surface area contributed by atoms with E-state index in [1.807, 2.05) is 13.8 Å². The minimum atomic E-state index is -0.657. The standard InChI is InChI=1S/C19H24O3/c1-18(2,3)14-6-7-15-12(9-14)8-13-11-21-19(4,5)22-17(13)16(15)10-20/h6-9,20H,10-11H2,1-5H3. The van der Waals surface area contributed by atoms with Gasteiger partial charge in [0.15, 0.2) is 0 Å². The van der Waals surface area contributed by atoms with E-state index in [0.717, 1.165) is 27.6 Å². The van der Waals surface area contributed by atoms with E-state index in [0.29, 0.717) is 6.61 Å². The van der Waals surface area contributed by atoms with Crippen LogP contribution < -0.4 is 4.74 Å². The third-order valence-electron chi connectivity index (χ3n) is 4.22. The zero-order chi connectivity index (χ0) is 16.1. The first kappa shape index (κ1) is 15.3. The maximum absolute atomic E-state index is 9.87. The van der Waals surface area contributed by atoms with E-state index in [1.165, 1.54) is 5.56 Å². The molecular formula is C19H24O3. The van der Waals surface area contributed by atoms with E-state index >= 15 is 0 Å². The number of rotatable bonds is 1. The summed E-state index contributed by atoms with van der Waals surface area (Å²) in [5, 5.41) is 12.0. The SMILES string of the molecule is CC1(C)OCc2cc3cc(C(C)(C)C)ccc3c(CO)c2O1. The van der Waals surface area contributed by atoms with E-state index in [2.05, 4.69) is 45.0 Å². The summed E-state index contributed by atoms with van der Waals surface area (Å²) in [6.07, 6.45) is 0. The van der Waals surface area contributed by atoms with Gasteiger partial charge in [0, 0.05) is 25.0 Å². The smallest absolute Gasteiger partial charge is 0.205 e. The minimum Gasteiger partial charge on any atom is -0.462 e. The lowest BCUT2D eigenvalue weighted by molar-refractivity contribution is -0.180. The third-order valence-corrected chi connectivity index (χ3v) is 4.22. The molecule has 1 heterocycles. The van der Waals surface area contributed by atoms with Gasteiger partial charge in [-0.05, 0) is 27.8 Å². The second-order valence-electron chi connectivity index (χ2n) is 7.48. The zero-order valence-corrected chi connectivity index (χ0v) is 14.0. The lowest BCUT2D eigenvalue weighted by Gasteiger charge is -2.34. The average molecular weight is 300 g/mol. The zero-order valence-electron chi connectivity index (χ0n) is 14.0. The molecule has 0 saturated carbocycles. The summed E-state index contributed by atoms with van der Waals surface area (Å²) >= 11 is 0. The molecule has 0 spiro atoms. The van der Waals surface area contributed by atoms with Crippen molar-refractivity contribution in [3.05, 3.63) is 41.0 Å². The first-order valence-corrected chi connectivity index (χ1v) is 7.74. The van der Waals surface area contributed by atoms with Gasteiger partial charge in [-0.1, -0.05) is 39.0 Å². The minimum absolute atomic E-state index is 0.0371. The van der Waals surface area contributed by atoms with Crippen LogP contribution in [-0.2, 0) is 23.4 Å². The van der Waals surface area contributed by atoms with E-state index in [4.69, 9.17) is 9.47 Å². The Balaban J connectivity index is 2.23. The van der Waals surface area contributed by atoms with Gasteiger partial charge in [-0.3, -0.25) is 0 Å². The molecular weight excluding hydrogens is 276 g/mol. The van der Waals surface area contributed by atoms with Gasteiger partial charge < -0.3 is 14.6 Å². The molecule has 0 saturated heterocycles. The van der Waals surface area contributed by atoms with Crippen LogP contribution in [0, 0.1) is 0 Å². The van der Waals surface area contributed by atoms with Crippen molar-refractivity contribution in [2.24, 2.45) is 0 Å². The highest BCUT2D eigenvalue weighted by Crippen LogP contribution is 2.40. The summed E-state index contributed by atoms with van der Waals surface area (Å²) in [6, 6.07) is 8.55. The van der Waals surface area contributed by atoms with E-state index in [-0.39, 0.29) is 12.0 Å². The highest BCUT2D eigenvalue weighted by atomic mass is 16.7. The van der Waals surface area contributed by atoms with Crippen molar-refractivity contribution in [3.8, 4) is 5.75 Å². The van der Waals surface area contributed by atoms with Crippen molar-refractivity contribution in [3.63, 3.8) is 0 Å². The van der Waals surface area contributed by atoms with Gasteiger partial charge in [-0.2, -0.15) is 0 Å². The summed E-state index contributed by atoms with van der Waals surface area (Å²) in [6.45, 7) is 10.9. The Morgan fingerprint density at radius 3 is 2.55 bits per heavy atom. The van der Waals surface area contributed by atoms with Crippen LogP contribution in [-0.4, -0.2) is 10.9 Å². The molecule has 22 heavy (non-hydrogen) atoms. The molecule has 2 aromatic carbocycles. The van der Waals surface area contributed by atoms with Gasteiger partial charge in [-0.15, -0.1) is 0 Å². The molecule has 1 aliphatic heterocycles. The normalized spacial score (nSPS) is 17.2. The summed E-state index contributed by atoms with van der Waals surface area (Å²) in [7, 11) is 0. The van der Waals surface area contributed by atoms with E-state index < -0.39 is 5.79 Å². The average Bonchev–Trinajstić information content (AvgIpc) is 2.42. The fraction of sp³-hybridized carbons (Fsp3) is 0.474. The predicted molar refractivity (Wildman–Crippen MR) is 88.1 cm³/mol. The second-order valence-corrected chi connectivity index (χ2v) is 7.48. The van der Waals surface area contributed by atoms with Crippen LogP contribution in [0.2, 0.25) is 0 Å². The van der Waals surface area contributed by atoms with E-state index in [1.54, 1.807) is 0 Å². The third kappa shape index (κ3) is 2.59. The Labute approximate surface area is 131 Å². The first-order chi connectivity index (χ1) is 10.2. The van der Waals surface area contributed by atoms with E-state index in [9.17, 15) is 5.11 Å². The highest BCUT2D eigenvalue weighted by Gasteiger charge is 2.30. The Morgan fingerprint density at radius 1 is 1.18 bits per heavy atom. The van der Waals surface area contributed by atoms with Gasteiger partial charge in [0.05, 0.1) is 13.2 Å². The van der Waals surface area contributed by atoms with Crippen LogP contribution in [0.3, 0.4) is 0 Å². The molecule has 118 valence electrons. The Kier molecular flexibility index (Phi) is 3.46. The molecule has 2 aromatic rings. The van der Waals surface area contributed by atoms with Crippen LogP contribution in [0.5, 0.6) is 5.75 Å². The van der Waals surface area contributed by atoms with Crippen molar-refractivity contribution in [1.29, 1.82) is 0 Å². The van der Waals surface area contributed by atoms with Crippen molar-refractivity contribution >= 4 is 10.8 Å². The second kappa shape index (κ2) is 4.97. The van der Waals surface area contributed by atoms with Gasteiger partial charge in [-0.25, -0.2) is 0 Å². The molecule has 0 fully saturated rings. The molecule has 0 amide bonds. The number of fused-ring (bicyclic) bond motifs is 2. The molecule has 0 aliphatic carbocycles. The quantitative estimate of drug-likeness (QED) is 0.854. The summed E-state index contributed by atoms with van der Waals surface area (Å²) in [4.78, 5) is 0. The molecule has 1 aliphatic rings. The van der Waals surface area contributed by atoms with Crippen LogP contribution in [0.4, 0.5) is 0 Å². The molecule has 0 aromatic heterocycles. The maximum Gasteiger partial charge on any atom is 0.205 e. The van der Waals surface area contributed by atoms with Crippen molar-refractivity contribution in [2.45, 2.75) is 59.0 Å². The molecule has 3 rings (SSSR count). The van der Waals surface area contributed by atoms with Gasteiger partial charge >= 0.3 is 0 Å². The van der Waals surface area contributed by atoms with Crippen molar-refractivity contribution < 1.29 is 14.6 Å². The Hall–Kier alpha value is -1.58. The molecule has 1 N–H and O–H groups in total. The summed E-state index contributed by atoms with van der Waals surface area (Å²) in [5.41, 5.74) is 3.23. The summed E-state index contributed by atoms with van der Waals surface area (Å²) < 4.78 is 11.7. The molecule has 0 bridgehead atoms. The molecule has 0 radical (unpaired) electrons. The number of hydrogen-bond donors (Lipinski definition) is 1. The van der Waals surface area contributed by atoms with Crippen LogP contribution in [0.1, 0.15) is 51.3 Å². The number of ether oxygens (including phenoxy) is 2. The Morgan fingerprint density at radius 2 is 1.91 bits per heavy atom. The van der Waals surface area contributed by atoms with Crippen LogP contribution in [0.15, 0.2) is 24.3 Å². The van der Waals surface area contributed by atoms with Gasteiger partial charge in [0.1, 0.15) is 5.75 Å².